The van der Waals surface area contributed by atoms with Crippen LogP contribution in [-0.2, 0) is 0 Å². The highest BCUT2D eigenvalue weighted by molar-refractivity contribution is 5.71. The van der Waals surface area contributed by atoms with Gasteiger partial charge in [-0.3, -0.25) is 0 Å². The highest BCUT2D eigenvalue weighted by Crippen LogP contribution is 2.39. The Morgan fingerprint density at radius 3 is 2.10 bits per heavy atom. The molecular formula is C18H22N2. The summed E-state index contributed by atoms with van der Waals surface area (Å²) in [5.74, 6) is 0.653. The van der Waals surface area contributed by atoms with Crippen LogP contribution >= 0.6 is 0 Å². The fourth-order valence-corrected chi connectivity index (χ4v) is 3.26. The van der Waals surface area contributed by atoms with Crippen LogP contribution in [-0.4, -0.2) is 0 Å². The van der Waals surface area contributed by atoms with Crippen LogP contribution < -0.4 is 11.5 Å². The van der Waals surface area contributed by atoms with E-state index >= 15 is 0 Å². The first-order valence-electron chi connectivity index (χ1n) is 7.49. The lowest BCUT2D eigenvalue weighted by Crippen LogP contribution is -2.06. The Morgan fingerprint density at radius 1 is 0.750 bits per heavy atom. The van der Waals surface area contributed by atoms with Crippen LogP contribution in [0.5, 0.6) is 0 Å². The fraction of sp³-hybridized carbons (Fsp3) is 0.333. The molecule has 1 saturated carbocycles. The summed E-state index contributed by atoms with van der Waals surface area (Å²) in [4.78, 5) is 0. The minimum atomic E-state index is 0.653. The molecule has 2 nitrogen and oxygen atoms in total. The second kappa shape index (κ2) is 5.58. The van der Waals surface area contributed by atoms with Crippen molar-refractivity contribution in [2.24, 2.45) is 0 Å². The van der Waals surface area contributed by atoms with Crippen LogP contribution in [0.15, 0.2) is 42.5 Å². The average molecular weight is 266 g/mol. The van der Waals surface area contributed by atoms with Crippen LogP contribution in [0.1, 0.15) is 43.6 Å². The van der Waals surface area contributed by atoms with E-state index < -0.39 is 0 Å². The van der Waals surface area contributed by atoms with E-state index in [9.17, 15) is 0 Å². The molecule has 0 heterocycles. The lowest BCUT2D eigenvalue weighted by Gasteiger charge is -2.25. The molecule has 0 amide bonds. The number of nitrogens with two attached hydrogens (primary N) is 2. The minimum absolute atomic E-state index is 0.653. The van der Waals surface area contributed by atoms with Crippen LogP contribution in [0.3, 0.4) is 0 Å². The fourth-order valence-electron chi connectivity index (χ4n) is 3.26. The Kier molecular flexibility index (Phi) is 3.64. The van der Waals surface area contributed by atoms with Gasteiger partial charge in [-0.1, -0.05) is 37.5 Å². The molecule has 0 atom stereocenters. The molecule has 1 aliphatic rings. The van der Waals surface area contributed by atoms with E-state index in [2.05, 4.69) is 24.3 Å². The van der Waals surface area contributed by atoms with E-state index in [-0.39, 0.29) is 0 Å². The van der Waals surface area contributed by atoms with Gasteiger partial charge >= 0.3 is 0 Å². The molecule has 0 unspecified atom stereocenters. The Balaban J connectivity index is 2.03. The zero-order valence-electron chi connectivity index (χ0n) is 11.8. The van der Waals surface area contributed by atoms with Gasteiger partial charge in [-0.15, -0.1) is 0 Å². The van der Waals surface area contributed by atoms with E-state index in [1.807, 2.05) is 18.2 Å². The van der Waals surface area contributed by atoms with Gasteiger partial charge < -0.3 is 11.5 Å². The molecule has 0 aliphatic heterocycles. The van der Waals surface area contributed by atoms with Gasteiger partial charge in [0.2, 0.25) is 0 Å². The Hall–Kier alpha value is -1.96. The van der Waals surface area contributed by atoms with Crippen molar-refractivity contribution in [2.75, 3.05) is 11.5 Å². The molecule has 20 heavy (non-hydrogen) atoms. The third-order valence-corrected chi connectivity index (χ3v) is 4.34. The van der Waals surface area contributed by atoms with Gasteiger partial charge in [0, 0.05) is 11.4 Å². The minimum Gasteiger partial charge on any atom is -0.399 e. The molecule has 104 valence electrons. The second-order valence-electron chi connectivity index (χ2n) is 5.80. The molecule has 2 aromatic carbocycles. The lowest BCUT2D eigenvalue weighted by molar-refractivity contribution is 0.444. The van der Waals surface area contributed by atoms with Crippen LogP contribution in [0, 0.1) is 0 Å². The summed E-state index contributed by atoms with van der Waals surface area (Å²) in [6.45, 7) is 0. The van der Waals surface area contributed by atoms with Crippen molar-refractivity contribution in [3.05, 3.63) is 48.0 Å². The number of benzene rings is 2. The quantitative estimate of drug-likeness (QED) is 0.782. The molecule has 0 spiro atoms. The standard InChI is InChI=1S/C18H22N2/c19-15-8-6-14(7-9-15)17-11-10-16(20)12-18(17)13-4-2-1-3-5-13/h6-13H,1-5,19-20H2. The van der Waals surface area contributed by atoms with Crippen molar-refractivity contribution >= 4 is 11.4 Å². The first-order valence-corrected chi connectivity index (χ1v) is 7.49. The SMILES string of the molecule is Nc1ccc(-c2ccc(N)cc2C2CCCCC2)cc1. The third kappa shape index (κ3) is 2.64. The predicted molar refractivity (Wildman–Crippen MR) is 86.5 cm³/mol. The van der Waals surface area contributed by atoms with Crippen molar-refractivity contribution in [1.29, 1.82) is 0 Å². The van der Waals surface area contributed by atoms with Gasteiger partial charge in [-0.25, -0.2) is 0 Å². The van der Waals surface area contributed by atoms with Crippen LogP contribution in [0.2, 0.25) is 0 Å². The summed E-state index contributed by atoms with van der Waals surface area (Å²) in [6, 6.07) is 14.5. The maximum absolute atomic E-state index is 6.02. The highest BCUT2D eigenvalue weighted by atomic mass is 14.5. The molecule has 4 N–H and O–H groups in total. The second-order valence-corrected chi connectivity index (χ2v) is 5.80. The van der Waals surface area contributed by atoms with Gasteiger partial charge in [0.1, 0.15) is 0 Å². The van der Waals surface area contributed by atoms with Gasteiger partial charge in [0.25, 0.3) is 0 Å². The molecule has 0 saturated heterocycles. The molecule has 2 heteroatoms. The topological polar surface area (TPSA) is 52.0 Å². The zero-order valence-corrected chi connectivity index (χ0v) is 11.8. The van der Waals surface area contributed by atoms with E-state index in [0.717, 1.165) is 11.4 Å². The number of anilines is 2. The first kappa shape index (κ1) is 13.0. The normalized spacial score (nSPS) is 16.2. The average Bonchev–Trinajstić information content (AvgIpc) is 2.49. The third-order valence-electron chi connectivity index (χ3n) is 4.34. The number of rotatable bonds is 2. The van der Waals surface area contributed by atoms with Crippen molar-refractivity contribution < 1.29 is 0 Å². The molecule has 1 fully saturated rings. The van der Waals surface area contributed by atoms with Crippen LogP contribution in [0.25, 0.3) is 11.1 Å². The van der Waals surface area contributed by atoms with Crippen molar-refractivity contribution in [3.8, 4) is 11.1 Å². The van der Waals surface area contributed by atoms with Crippen molar-refractivity contribution in [2.45, 2.75) is 38.0 Å². The number of nitrogen functional groups attached to an aromatic ring is 2. The van der Waals surface area contributed by atoms with Crippen LogP contribution in [0.4, 0.5) is 11.4 Å². The van der Waals surface area contributed by atoms with Gasteiger partial charge in [0.05, 0.1) is 0 Å². The summed E-state index contributed by atoms with van der Waals surface area (Å²) in [5, 5.41) is 0. The smallest absolute Gasteiger partial charge is 0.0317 e. The van der Waals surface area contributed by atoms with Gasteiger partial charge in [-0.2, -0.15) is 0 Å². The Bertz CT molecular complexity index is 581. The summed E-state index contributed by atoms with van der Waals surface area (Å²) in [5.41, 5.74) is 17.4. The van der Waals surface area contributed by atoms with Gasteiger partial charge in [-0.05, 0) is 59.7 Å². The van der Waals surface area contributed by atoms with E-state index in [0.29, 0.717) is 5.92 Å². The molecule has 0 radical (unpaired) electrons. The molecule has 3 rings (SSSR count). The Labute approximate surface area is 120 Å². The molecule has 2 aromatic rings. The highest BCUT2D eigenvalue weighted by Gasteiger charge is 2.19. The zero-order chi connectivity index (χ0) is 13.9. The Morgan fingerprint density at radius 2 is 1.40 bits per heavy atom. The summed E-state index contributed by atoms with van der Waals surface area (Å²) in [7, 11) is 0. The molecule has 1 aliphatic carbocycles. The largest absolute Gasteiger partial charge is 0.399 e. The molecule has 0 bridgehead atoms. The first-order chi connectivity index (χ1) is 9.74. The summed E-state index contributed by atoms with van der Waals surface area (Å²) in [6.07, 6.45) is 6.61. The van der Waals surface area contributed by atoms with E-state index in [4.69, 9.17) is 11.5 Å². The van der Waals surface area contributed by atoms with Crippen molar-refractivity contribution in [3.63, 3.8) is 0 Å². The predicted octanol–water partition coefficient (Wildman–Crippen LogP) is 4.57. The van der Waals surface area contributed by atoms with Crippen molar-refractivity contribution in [1.82, 2.24) is 0 Å². The summed E-state index contributed by atoms with van der Waals surface area (Å²) >= 11 is 0. The monoisotopic (exact) mass is 266 g/mol. The molecule has 0 aromatic heterocycles. The number of hydrogen-bond acceptors (Lipinski definition) is 2. The summed E-state index contributed by atoms with van der Waals surface area (Å²) < 4.78 is 0. The van der Waals surface area contributed by atoms with Gasteiger partial charge in [0.15, 0.2) is 0 Å². The number of hydrogen-bond donors (Lipinski definition) is 2. The maximum atomic E-state index is 6.02. The van der Waals surface area contributed by atoms with E-state index in [1.165, 1.54) is 48.8 Å². The maximum Gasteiger partial charge on any atom is 0.0317 e. The lowest BCUT2D eigenvalue weighted by atomic mass is 9.80. The molecular weight excluding hydrogens is 244 g/mol. The van der Waals surface area contributed by atoms with E-state index in [1.54, 1.807) is 0 Å².